The fourth-order valence-corrected chi connectivity index (χ4v) is 1.61. The Morgan fingerprint density at radius 3 is 2.87 bits per heavy atom. The topological polar surface area (TPSA) is 69.8 Å². The van der Waals surface area contributed by atoms with Crippen LogP contribution in [0, 0.1) is 11.3 Å². The summed E-state index contributed by atoms with van der Waals surface area (Å²) in [7, 11) is 3.10. The Bertz CT molecular complexity index is 272. The maximum absolute atomic E-state index is 8.66. The van der Waals surface area contributed by atoms with Crippen molar-refractivity contribution in [3.8, 4) is 6.07 Å². The first kappa shape index (κ1) is 14.1. The van der Waals surface area contributed by atoms with Crippen molar-refractivity contribution >= 4 is 15.9 Å². The minimum absolute atomic E-state index is 0.149. The van der Waals surface area contributed by atoms with Crippen molar-refractivity contribution in [2.75, 3.05) is 14.2 Å². The molecule has 0 fully saturated rings. The molecule has 0 radical (unpaired) electrons. The Kier molecular flexibility index (Phi) is 7.86. The lowest BCUT2D eigenvalue weighted by molar-refractivity contribution is 0.182. The zero-order valence-electron chi connectivity index (χ0n) is 9.07. The normalized spacial score (nSPS) is 16.1. The SMILES string of the molecule is C/N=N\N[C@@H](C)C/C(Br)=C/C(C#N)OC. The molecule has 0 saturated carbocycles. The van der Waals surface area contributed by atoms with E-state index in [0.717, 1.165) is 10.9 Å². The Hall–Kier alpha value is -0.930. The van der Waals surface area contributed by atoms with Crippen molar-refractivity contribution in [2.24, 2.45) is 10.3 Å². The Balaban J connectivity index is 4.11. The number of ether oxygens (including phenoxy) is 1. The smallest absolute Gasteiger partial charge is 0.162 e. The summed E-state index contributed by atoms with van der Waals surface area (Å²) in [5.74, 6) is 0. The van der Waals surface area contributed by atoms with Crippen LogP contribution in [-0.2, 0) is 4.74 Å². The van der Waals surface area contributed by atoms with E-state index >= 15 is 0 Å². The zero-order chi connectivity index (χ0) is 11.7. The summed E-state index contributed by atoms with van der Waals surface area (Å²) in [6.07, 6.45) is 1.93. The molecule has 0 aliphatic carbocycles. The third kappa shape index (κ3) is 7.05. The molecule has 0 aromatic heterocycles. The molecule has 0 saturated heterocycles. The lowest BCUT2D eigenvalue weighted by atomic mass is 10.2. The van der Waals surface area contributed by atoms with Gasteiger partial charge in [-0.25, -0.2) is 0 Å². The van der Waals surface area contributed by atoms with E-state index in [4.69, 9.17) is 10.00 Å². The second kappa shape index (κ2) is 8.38. The zero-order valence-corrected chi connectivity index (χ0v) is 10.7. The van der Waals surface area contributed by atoms with Crippen molar-refractivity contribution in [2.45, 2.75) is 25.5 Å². The van der Waals surface area contributed by atoms with E-state index in [9.17, 15) is 0 Å². The quantitative estimate of drug-likeness (QED) is 0.596. The summed E-state index contributed by atoms with van der Waals surface area (Å²) < 4.78 is 5.81. The average Bonchev–Trinajstić information content (AvgIpc) is 2.22. The van der Waals surface area contributed by atoms with Gasteiger partial charge in [0.1, 0.15) is 0 Å². The monoisotopic (exact) mass is 274 g/mol. The van der Waals surface area contributed by atoms with Gasteiger partial charge in [0, 0.05) is 19.6 Å². The largest absolute Gasteiger partial charge is 0.362 e. The number of nitrogens with one attached hydrogen (secondary N) is 1. The molecule has 1 unspecified atom stereocenters. The standard InChI is InChI=1S/C9H15BrN4O/c1-7(13-14-12-2)4-8(10)5-9(6-11)15-3/h5,7,9H,4H2,1-3H3,(H,12,13)/b8-5-/t7-,9?/m0/s1. The molecule has 0 bridgehead atoms. The van der Waals surface area contributed by atoms with Crippen LogP contribution in [0.4, 0.5) is 0 Å². The van der Waals surface area contributed by atoms with Gasteiger partial charge in [-0.2, -0.15) is 10.4 Å². The predicted molar refractivity (Wildman–Crippen MR) is 61.4 cm³/mol. The first-order valence-corrected chi connectivity index (χ1v) is 5.26. The summed E-state index contributed by atoms with van der Waals surface area (Å²) in [6.45, 7) is 1.97. The Morgan fingerprint density at radius 2 is 2.40 bits per heavy atom. The number of rotatable bonds is 6. The van der Waals surface area contributed by atoms with Crippen LogP contribution in [0.25, 0.3) is 0 Å². The Morgan fingerprint density at radius 1 is 1.73 bits per heavy atom. The third-order valence-electron chi connectivity index (χ3n) is 1.59. The van der Waals surface area contributed by atoms with Crippen molar-refractivity contribution in [1.82, 2.24) is 5.43 Å². The highest BCUT2D eigenvalue weighted by atomic mass is 79.9. The summed E-state index contributed by atoms with van der Waals surface area (Å²) in [5.41, 5.74) is 2.84. The maximum Gasteiger partial charge on any atom is 0.162 e. The van der Waals surface area contributed by atoms with Crippen LogP contribution in [0.1, 0.15) is 13.3 Å². The molecule has 6 heteroatoms. The molecule has 0 aromatic rings. The van der Waals surface area contributed by atoms with E-state index in [2.05, 4.69) is 31.7 Å². The van der Waals surface area contributed by atoms with Crippen LogP contribution in [-0.4, -0.2) is 26.3 Å². The van der Waals surface area contributed by atoms with E-state index in [1.54, 1.807) is 13.1 Å². The molecule has 0 amide bonds. The lowest BCUT2D eigenvalue weighted by Crippen LogP contribution is -2.20. The molecule has 0 aliphatic rings. The fourth-order valence-electron chi connectivity index (χ4n) is 0.885. The van der Waals surface area contributed by atoms with Gasteiger partial charge in [-0.3, -0.25) is 5.43 Å². The van der Waals surface area contributed by atoms with E-state index in [0.29, 0.717) is 0 Å². The molecule has 15 heavy (non-hydrogen) atoms. The van der Waals surface area contributed by atoms with Gasteiger partial charge < -0.3 is 4.74 Å². The number of hydrogen-bond donors (Lipinski definition) is 1. The van der Waals surface area contributed by atoms with Gasteiger partial charge in [-0.15, -0.1) is 0 Å². The van der Waals surface area contributed by atoms with Gasteiger partial charge in [0.2, 0.25) is 0 Å². The van der Waals surface area contributed by atoms with Crippen LogP contribution < -0.4 is 5.43 Å². The van der Waals surface area contributed by atoms with Crippen LogP contribution >= 0.6 is 15.9 Å². The molecule has 0 spiro atoms. The number of methoxy groups -OCH3 is 1. The summed E-state index contributed by atoms with van der Waals surface area (Å²) in [5, 5.41) is 15.9. The van der Waals surface area contributed by atoms with E-state index in [1.165, 1.54) is 7.11 Å². The molecular weight excluding hydrogens is 260 g/mol. The lowest BCUT2D eigenvalue weighted by Gasteiger charge is -2.10. The molecule has 0 rings (SSSR count). The molecule has 0 aromatic carbocycles. The van der Waals surface area contributed by atoms with Gasteiger partial charge in [-0.05, 0) is 17.5 Å². The molecular formula is C9H15BrN4O. The molecule has 1 N–H and O–H groups in total. The minimum Gasteiger partial charge on any atom is -0.362 e. The van der Waals surface area contributed by atoms with Crippen molar-refractivity contribution in [3.05, 3.63) is 10.6 Å². The maximum atomic E-state index is 8.66. The molecule has 84 valence electrons. The second-order valence-corrected chi connectivity index (χ2v) is 3.95. The number of halogens is 1. The van der Waals surface area contributed by atoms with Crippen molar-refractivity contribution in [3.63, 3.8) is 0 Å². The van der Waals surface area contributed by atoms with E-state index < -0.39 is 6.10 Å². The number of nitriles is 1. The van der Waals surface area contributed by atoms with Crippen LogP contribution in [0.5, 0.6) is 0 Å². The number of hydrogen-bond acceptors (Lipinski definition) is 4. The molecule has 5 nitrogen and oxygen atoms in total. The first-order chi connectivity index (χ1) is 7.13. The van der Waals surface area contributed by atoms with Crippen molar-refractivity contribution < 1.29 is 4.74 Å². The average molecular weight is 275 g/mol. The van der Waals surface area contributed by atoms with E-state index in [1.807, 2.05) is 13.0 Å². The predicted octanol–water partition coefficient (Wildman–Crippen LogP) is 2.17. The van der Waals surface area contributed by atoms with Gasteiger partial charge in [0.05, 0.1) is 13.1 Å². The highest BCUT2D eigenvalue weighted by Gasteiger charge is 2.06. The molecule has 0 heterocycles. The minimum atomic E-state index is -0.514. The van der Waals surface area contributed by atoms with Gasteiger partial charge >= 0.3 is 0 Å². The fraction of sp³-hybridized carbons (Fsp3) is 0.667. The highest BCUT2D eigenvalue weighted by Crippen LogP contribution is 2.14. The van der Waals surface area contributed by atoms with E-state index in [-0.39, 0.29) is 6.04 Å². The Labute approximate surface area is 98.3 Å². The highest BCUT2D eigenvalue weighted by molar-refractivity contribution is 9.11. The van der Waals surface area contributed by atoms with Crippen LogP contribution in [0.15, 0.2) is 20.9 Å². The first-order valence-electron chi connectivity index (χ1n) is 4.47. The second-order valence-electron chi connectivity index (χ2n) is 2.93. The summed E-state index contributed by atoms with van der Waals surface area (Å²) in [4.78, 5) is 0. The molecule has 0 aliphatic heterocycles. The van der Waals surface area contributed by atoms with Crippen LogP contribution in [0.2, 0.25) is 0 Å². The third-order valence-corrected chi connectivity index (χ3v) is 2.18. The van der Waals surface area contributed by atoms with Gasteiger partial charge in [0.15, 0.2) is 6.10 Å². The van der Waals surface area contributed by atoms with Crippen molar-refractivity contribution in [1.29, 1.82) is 5.26 Å². The van der Waals surface area contributed by atoms with Gasteiger partial charge in [0.25, 0.3) is 0 Å². The summed E-state index contributed by atoms with van der Waals surface area (Å²) >= 11 is 3.37. The molecule has 2 atom stereocenters. The van der Waals surface area contributed by atoms with Gasteiger partial charge in [-0.1, -0.05) is 21.2 Å². The van der Waals surface area contributed by atoms with Crippen LogP contribution in [0.3, 0.4) is 0 Å². The summed E-state index contributed by atoms with van der Waals surface area (Å²) in [6, 6.07) is 2.16. The number of nitrogens with zero attached hydrogens (tertiary/aromatic N) is 3.